The Kier molecular flexibility index (Phi) is 5.05. The Morgan fingerprint density at radius 1 is 1.33 bits per heavy atom. The van der Waals surface area contributed by atoms with E-state index in [9.17, 15) is 4.79 Å². The van der Waals surface area contributed by atoms with E-state index >= 15 is 0 Å². The van der Waals surface area contributed by atoms with Crippen LogP contribution in [-0.2, 0) is 11.3 Å². The number of rotatable bonds is 6. The van der Waals surface area contributed by atoms with Gasteiger partial charge in [-0.25, -0.2) is 0 Å². The van der Waals surface area contributed by atoms with E-state index in [0.29, 0.717) is 12.3 Å². The Labute approximate surface area is 91.7 Å². The number of Topliss-reactive ketones (excluding diaryl/α,β-unsaturated/α-hetero) is 1. The zero-order valence-electron chi connectivity index (χ0n) is 9.49. The number of hydrogen-bond acceptors (Lipinski definition) is 2. The Morgan fingerprint density at radius 2 is 2.00 bits per heavy atom. The van der Waals surface area contributed by atoms with Crippen LogP contribution in [0.5, 0.6) is 0 Å². The second-order valence-electron chi connectivity index (χ2n) is 3.86. The van der Waals surface area contributed by atoms with Crippen LogP contribution in [-0.4, -0.2) is 12.3 Å². The summed E-state index contributed by atoms with van der Waals surface area (Å²) in [6.07, 6.45) is 0.922. The third kappa shape index (κ3) is 4.26. The van der Waals surface area contributed by atoms with Crippen LogP contribution in [0.4, 0.5) is 0 Å². The lowest BCUT2D eigenvalue weighted by atomic mass is 10.0. The molecule has 0 aliphatic carbocycles. The predicted octanol–water partition coefficient (Wildman–Crippen LogP) is 2.39. The fourth-order valence-electron chi connectivity index (χ4n) is 1.33. The van der Waals surface area contributed by atoms with Crippen molar-refractivity contribution in [3.63, 3.8) is 0 Å². The number of carbonyl (C=O) groups is 1. The molecule has 0 amide bonds. The minimum absolute atomic E-state index is 0.174. The molecular weight excluding hydrogens is 186 g/mol. The maximum absolute atomic E-state index is 11.5. The molecule has 0 aliphatic heterocycles. The van der Waals surface area contributed by atoms with Gasteiger partial charge in [-0.2, -0.15) is 0 Å². The topological polar surface area (TPSA) is 29.1 Å². The lowest BCUT2D eigenvalue weighted by Crippen LogP contribution is -2.26. The zero-order valence-corrected chi connectivity index (χ0v) is 9.49. The van der Waals surface area contributed by atoms with Crippen molar-refractivity contribution in [3.8, 4) is 0 Å². The molecule has 1 aromatic carbocycles. The van der Waals surface area contributed by atoms with E-state index in [4.69, 9.17) is 0 Å². The first-order valence-corrected chi connectivity index (χ1v) is 5.51. The molecule has 1 unspecified atom stereocenters. The highest BCUT2D eigenvalue weighted by Crippen LogP contribution is 2.01. The van der Waals surface area contributed by atoms with Crippen LogP contribution in [0.15, 0.2) is 30.3 Å². The minimum Gasteiger partial charge on any atom is -0.306 e. The molecule has 0 bridgehead atoms. The van der Waals surface area contributed by atoms with Crippen molar-refractivity contribution in [1.82, 2.24) is 5.32 Å². The summed E-state index contributed by atoms with van der Waals surface area (Å²) in [4.78, 5) is 11.5. The van der Waals surface area contributed by atoms with E-state index in [1.165, 1.54) is 5.56 Å². The van der Waals surface area contributed by atoms with Gasteiger partial charge in [0.25, 0.3) is 0 Å². The molecule has 0 aliphatic rings. The summed E-state index contributed by atoms with van der Waals surface area (Å²) < 4.78 is 0. The van der Waals surface area contributed by atoms with Crippen molar-refractivity contribution in [2.75, 3.05) is 6.54 Å². The van der Waals surface area contributed by atoms with Gasteiger partial charge >= 0.3 is 0 Å². The molecule has 0 aromatic heterocycles. The van der Waals surface area contributed by atoms with Gasteiger partial charge in [0.2, 0.25) is 0 Å². The molecular formula is C13H19NO. The average Bonchev–Trinajstić information content (AvgIpc) is 2.29. The van der Waals surface area contributed by atoms with Crippen LogP contribution in [0.3, 0.4) is 0 Å². The molecule has 0 saturated heterocycles. The SMILES string of the molecule is CCC(C)C(=O)CNCc1ccccc1. The maximum Gasteiger partial charge on any atom is 0.149 e. The van der Waals surface area contributed by atoms with Gasteiger partial charge in [-0.15, -0.1) is 0 Å². The van der Waals surface area contributed by atoms with Crippen molar-refractivity contribution in [2.45, 2.75) is 26.8 Å². The highest BCUT2D eigenvalue weighted by molar-refractivity contribution is 5.82. The van der Waals surface area contributed by atoms with E-state index in [1.54, 1.807) is 0 Å². The van der Waals surface area contributed by atoms with Gasteiger partial charge < -0.3 is 5.32 Å². The van der Waals surface area contributed by atoms with Crippen molar-refractivity contribution >= 4 is 5.78 Å². The van der Waals surface area contributed by atoms with E-state index in [1.807, 2.05) is 32.0 Å². The quantitative estimate of drug-likeness (QED) is 0.772. The van der Waals surface area contributed by atoms with Gasteiger partial charge in [0, 0.05) is 12.5 Å². The molecule has 2 nitrogen and oxygen atoms in total. The summed E-state index contributed by atoms with van der Waals surface area (Å²) in [5.74, 6) is 0.474. The fraction of sp³-hybridized carbons (Fsp3) is 0.462. The number of nitrogens with one attached hydrogen (secondary N) is 1. The van der Waals surface area contributed by atoms with Crippen molar-refractivity contribution in [2.24, 2.45) is 5.92 Å². The van der Waals surface area contributed by atoms with E-state index in [-0.39, 0.29) is 5.92 Å². The van der Waals surface area contributed by atoms with E-state index in [0.717, 1.165) is 13.0 Å². The van der Waals surface area contributed by atoms with Gasteiger partial charge in [-0.3, -0.25) is 4.79 Å². The maximum atomic E-state index is 11.5. The van der Waals surface area contributed by atoms with Gasteiger partial charge in [0.05, 0.1) is 6.54 Å². The Bertz CT molecular complexity index is 295. The zero-order chi connectivity index (χ0) is 11.1. The molecule has 82 valence electrons. The second-order valence-corrected chi connectivity index (χ2v) is 3.86. The lowest BCUT2D eigenvalue weighted by Gasteiger charge is -2.08. The molecule has 0 saturated carbocycles. The van der Waals surface area contributed by atoms with Crippen molar-refractivity contribution in [1.29, 1.82) is 0 Å². The summed E-state index contributed by atoms with van der Waals surface area (Å²) >= 11 is 0. The van der Waals surface area contributed by atoms with Crippen molar-refractivity contribution in [3.05, 3.63) is 35.9 Å². The molecule has 0 heterocycles. The Morgan fingerprint density at radius 3 is 2.60 bits per heavy atom. The predicted molar refractivity (Wildman–Crippen MR) is 62.6 cm³/mol. The highest BCUT2D eigenvalue weighted by atomic mass is 16.1. The van der Waals surface area contributed by atoms with Crippen LogP contribution in [0.1, 0.15) is 25.8 Å². The molecule has 1 aromatic rings. The average molecular weight is 205 g/mol. The van der Waals surface area contributed by atoms with Gasteiger partial charge in [0.15, 0.2) is 0 Å². The summed E-state index contributed by atoms with van der Waals surface area (Å²) in [5, 5.41) is 3.17. The molecule has 0 fully saturated rings. The number of ketones is 1. The molecule has 0 radical (unpaired) electrons. The molecule has 1 atom stereocenters. The lowest BCUT2D eigenvalue weighted by molar-refractivity contribution is -0.121. The molecule has 1 rings (SSSR count). The van der Waals surface area contributed by atoms with Crippen molar-refractivity contribution < 1.29 is 4.79 Å². The van der Waals surface area contributed by atoms with Gasteiger partial charge in [0.1, 0.15) is 5.78 Å². The number of benzene rings is 1. The van der Waals surface area contributed by atoms with E-state index in [2.05, 4.69) is 17.4 Å². The standard InChI is InChI=1S/C13H19NO/c1-3-11(2)13(15)10-14-9-12-7-5-4-6-8-12/h4-8,11,14H,3,9-10H2,1-2H3. The Balaban J connectivity index is 2.25. The van der Waals surface area contributed by atoms with Crippen LogP contribution < -0.4 is 5.32 Å². The number of carbonyl (C=O) groups excluding carboxylic acids is 1. The van der Waals surface area contributed by atoms with E-state index < -0.39 is 0 Å². The van der Waals surface area contributed by atoms with Crippen LogP contribution in [0, 0.1) is 5.92 Å². The highest BCUT2D eigenvalue weighted by Gasteiger charge is 2.09. The first kappa shape index (κ1) is 11.9. The summed E-state index contributed by atoms with van der Waals surface area (Å²) in [7, 11) is 0. The normalized spacial score (nSPS) is 12.4. The first-order valence-electron chi connectivity index (χ1n) is 5.51. The van der Waals surface area contributed by atoms with Crippen LogP contribution in [0.2, 0.25) is 0 Å². The number of hydrogen-bond donors (Lipinski definition) is 1. The summed E-state index contributed by atoms with van der Waals surface area (Å²) in [5.41, 5.74) is 1.22. The third-order valence-corrected chi connectivity index (χ3v) is 2.63. The Hall–Kier alpha value is -1.15. The largest absolute Gasteiger partial charge is 0.306 e. The summed E-state index contributed by atoms with van der Waals surface area (Å²) in [6, 6.07) is 10.1. The van der Waals surface area contributed by atoms with Crippen LogP contribution in [0.25, 0.3) is 0 Å². The molecule has 2 heteroatoms. The first-order chi connectivity index (χ1) is 7.24. The summed E-state index contributed by atoms with van der Waals surface area (Å²) in [6.45, 7) is 5.26. The minimum atomic E-state index is 0.174. The van der Waals surface area contributed by atoms with Gasteiger partial charge in [-0.1, -0.05) is 44.2 Å². The molecule has 1 N–H and O–H groups in total. The molecule has 0 spiro atoms. The molecule has 15 heavy (non-hydrogen) atoms. The fourth-order valence-corrected chi connectivity index (χ4v) is 1.33. The van der Waals surface area contributed by atoms with Gasteiger partial charge in [-0.05, 0) is 12.0 Å². The third-order valence-electron chi connectivity index (χ3n) is 2.63. The monoisotopic (exact) mass is 205 g/mol. The van der Waals surface area contributed by atoms with Crippen LogP contribution >= 0.6 is 0 Å². The second kappa shape index (κ2) is 6.36. The smallest absolute Gasteiger partial charge is 0.149 e.